The molecule has 2 aromatic rings. The minimum atomic E-state index is -2.54. The topological polar surface area (TPSA) is 84.4 Å². The van der Waals surface area contributed by atoms with Crippen LogP contribution in [0.3, 0.4) is 0 Å². The molecule has 0 aliphatic carbocycles. The molecule has 2 aromatic heterocycles. The van der Waals surface area contributed by atoms with Gasteiger partial charge in [0.25, 0.3) is 0 Å². The molecule has 0 saturated heterocycles. The van der Waals surface area contributed by atoms with Crippen LogP contribution in [0.4, 0.5) is 5.82 Å². The Labute approximate surface area is 165 Å². The monoisotopic (exact) mass is 385 g/mol. The molecule has 138 valence electrons. The van der Waals surface area contributed by atoms with Gasteiger partial charge >= 0.3 is 0 Å². The van der Waals surface area contributed by atoms with Crippen molar-refractivity contribution in [2.24, 2.45) is 0 Å². The molecule has 0 saturated carbocycles. The predicted molar refractivity (Wildman–Crippen MR) is 102 cm³/mol. The molecule has 0 fully saturated rings. The van der Waals surface area contributed by atoms with Gasteiger partial charge in [-0.2, -0.15) is 0 Å². The molecule has 4 heterocycles. The van der Waals surface area contributed by atoms with Crippen LogP contribution in [0, 0.1) is 0 Å². The quantitative estimate of drug-likeness (QED) is 0.813. The first-order chi connectivity index (χ1) is 14.3. The fraction of sp³-hybridized carbons (Fsp3) is 0.316. The van der Waals surface area contributed by atoms with Gasteiger partial charge in [0.15, 0.2) is 11.0 Å². The normalized spacial score (nSPS) is 19.7. The summed E-state index contributed by atoms with van der Waals surface area (Å²) in [5.74, 6) is 2.44. The smallest absolute Gasteiger partial charge is 0.220 e. The summed E-state index contributed by atoms with van der Waals surface area (Å²) >= 11 is 1.01. The summed E-state index contributed by atoms with van der Waals surface area (Å²) in [5.41, 5.74) is 2.14. The summed E-state index contributed by atoms with van der Waals surface area (Å²) in [7, 11) is 0. The summed E-state index contributed by atoms with van der Waals surface area (Å²) in [6.45, 7) is -0.305. The van der Waals surface area contributed by atoms with E-state index in [9.17, 15) is 9.59 Å². The Kier molecular flexibility index (Phi) is 3.73. The molecule has 0 bridgehead atoms. The van der Waals surface area contributed by atoms with E-state index in [4.69, 9.17) is 8.85 Å². The van der Waals surface area contributed by atoms with Gasteiger partial charge in [-0.15, -0.1) is 0 Å². The van der Waals surface area contributed by atoms with Crippen LogP contribution in [0.1, 0.15) is 35.5 Å². The lowest BCUT2D eigenvalue weighted by molar-refractivity contribution is -0.121. The van der Waals surface area contributed by atoms with Gasteiger partial charge in [0, 0.05) is 59.2 Å². The van der Waals surface area contributed by atoms with E-state index < -0.39 is 6.98 Å². The van der Waals surface area contributed by atoms with Crippen molar-refractivity contribution in [1.82, 2.24) is 15.3 Å². The SMILES string of the molecule is [2H]C([2H])([2H])N1C(=C=O)Sc2cc(-c3cncc4c3OCC[C@H]4NC(=O)CC)cnc21. The molecule has 1 N–H and O–H groups in total. The Hall–Kier alpha value is -2.83. The van der Waals surface area contributed by atoms with Gasteiger partial charge in [0.1, 0.15) is 11.6 Å². The molecular formula is C19H18N4O3S. The number of ether oxygens (including phenoxy) is 1. The highest BCUT2D eigenvalue weighted by molar-refractivity contribution is 8.04. The van der Waals surface area contributed by atoms with Crippen molar-refractivity contribution in [2.45, 2.75) is 30.7 Å². The highest BCUT2D eigenvalue weighted by Crippen LogP contribution is 2.46. The number of rotatable bonds is 3. The second-order valence-corrected chi connectivity index (χ2v) is 7.14. The third kappa shape index (κ3) is 3.07. The second kappa shape index (κ2) is 7.06. The van der Waals surface area contributed by atoms with Crippen LogP contribution in [-0.4, -0.2) is 35.4 Å². The Balaban J connectivity index is 1.75. The fourth-order valence-corrected chi connectivity index (χ4v) is 3.95. The summed E-state index contributed by atoms with van der Waals surface area (Å²) in [6.07, 6.45) is 5.88. The molecule has 0 spiro atoms. The number of fused-ring (bicyclic) bond motifs is 2. The number of nitrogens with one attached hydrogen (secondary N) is 1. The lowest BCUT2D eigenvalue weighted by Gasteiger charge is -2.28. The van der Waals surface area contributed by atoms with E-state index in [1.54, 1.807) is 31.3 Å². The number of hydrogen-bond acceptors (Lipinski definition) is 7. The van der Waals surface area contributed by atoms with E-state index in [0.29, 0.717) is 41.2 Å². The zero-order valence-corrected chi connectivity index (χ0v) is 15.3. The number of aromatic nitrogens is 2. The zero-order chi connectivity index (χ0) is 21.5. The van der Waals surface area contributed by atoms with Crippen LogP contribution in [0.5, 0.6) is 5.75 Å². The Morgan fingerprint density at radius 1 is 1.52 bits per heavy atom. The number of thioether (sulfide) groups is 1. The maximum Gasteiger partial charge on any atom is 0.220 e. The highest BCUT2D eigenvalue weighted by Gasteiger charge is 2.28. The number of hydrogen-bond donors (Lipinski definition) is 1. The van der Waals surface area contributed by atoms with E-state index in [0.717, 1.165) is 22.2 Å². The summed E-state index contributed by atoms with van der Waals surface area (Å²) in [5, 5.41) is 2.93. The number of carbonyl (C=O) groups is 1. The molecule has 0 aromatic carbocycles. The van der Waals surface area contributed by atoms with Crippen molar-refractivity contribution in [3.05, 3.63) is 35.2 Å². The lowest BCUT2D eigenvalue weighted by atomic mass is 9.97. The van der Waals surface area contributed by atoms with Gasteiger partial charge in [0.05, 0.1) is 17.5 Å². The van der Waals surface area contributed by atoms with Crippen LogP contribution in [0.25, 0.3) is 11.1 Å². The molecule has 4 rings (SSSR count). The molecule has 7 nitrogen and oxygen atoms in total. The van der Waals surface area contributed by atoms with E-state index in [-0.39, 0.29) is 22.8 Å². The standard InChI is InChI=1S/C19H18N4O3S/c1-3-16(25)22-14-4-5-26-18-12(8-20-9-13(14)18)11-6-15-19(21-7-11)23(2)17(10-24)27-15/h6-9,14H,3-5H2,1-2H3,(H,22,25)/t14-/m1/s1/i2D3. The molecule has 27 heavy (non-hydrogen) atoms. The van der Waals surface area contributed by atoms with E-state index in [1.807, 2.05) is 0 Å². The minimum Gasteiger partial charge on any atom is -0.492 e. The molecule has 1 atom stereocenters. The van der Waals surface area contributed by atoms with Crippen molar-refractivity contribution in [1.29, 1.82) is 0 Å². The average molecular weight is 385 g/mol. The summed E-state index contributed by atoms with van der Waals surface area (Å²) in [6, 6.07) is 1.56. The predicted octanol–water partition coefficient (Wildman–Crippen LogP) is 2.71. The first kappa shape index (κ1) is 14.3. The fourth-order valence-electron chi connectivity index (χ4n) is 3.10. The van der Waals surface area contributed by atoms with Crippen molar-refractivity contribution in [3.63, 3.8) is 0 Å². The molecule has 0 unspecified atom stereocenters. The Morgan fingerprint density at radius 3 is 3.19 bits per heavy atom. The highest BCUT2D eigenvalue weighted by atomic mass is 32.2. The van der Waals surface area contributed by atoms with Crippen LogP contribution < -0.4 is 15.0 Å². The van der Waals surface area contributed by atoms with Gasteiger partial charge in [-0.05, 0) is 6.07 Å². The van der Waals surface area contributed by atoms with Gasteiger partial charge in [-0.1, -0.05) is 18.7 Å². The van der Waals surface area contributed by atoms with Crippen LogP contribution in [0.2, 0.25) is 0 Å². The number of nitrogens with zero attached hydrogens (tertiary/aromatic N) is 3. The van der Waals surface area contributed by atoms with E-state index in [1.165, 1.54) is 6.20 Å². The third-order valence-electron chi connectivity index (χ3n) is 4.46. The number of carbonyl (C=O) groups excluding carboxylic acids is 2. The van der Waals surface area contributed by atoms with Crippen molar-refractivity contribution >= 4 is 29.4 Å². The van der Waals surface area contributed by atoms with Crippen molar-refractivity contribution < 1.29 is 18.4 Å². The average Bonchev–Trinajstić information content (AvgIpc) is 3.11. The van der Waals surface area contributed by atoms with Gasteiger partial charge in [-0.25, -0.2) is 9.78 Å². The zero-order valence-electron chi connectivity index (χ0n) is 17.5. The number of amides is 1. The Morgan fingerprint density at radius 2 is 2.41 bits per heavy atom. The number of pyridine rings is 2. The second-order valence-electron chi connectivity index (χ2n) is 6.11. The molecule has 2 aliphatic rings. The molecule has 1 amide bonds. The molecule has 8 heteroatoms. The van der Waals surface area contributed by atoms with E-state index in [2.05, 4.69) is 15.3 Å². The summed E-state index contributed by atoms with van der Waals surface area (Å²) in [4.78, 5) is 33.2. The van der Waals surface area contributed by atoms with Crippen LogP contribution in [-0.2, 0) is 9.59 Å². The van der Waals surface area contributed by atoms with E-state index >= 15 is 0 Å². The molecule has 2 aliphatic heterocycles. The number of anilines is 1. The Bertz CT molecular complexity index is 1070. The maximum atomic E-state index is 11.9. The molecule has 0 radical (unpaired) electrons. The van der Waals surface area contributed by atoms with Crippen LogP contribution in [0.15, 0.2) is 34.6 Å². The van der Waals surface area contributed by atoms with Gasteiger partial charge < -0.3 is 15.0 Å². The minimum absolute atomic E-state index is 0.0493. The summed E-state index contributed by atoms with van der Waals surface area (Å²) < 4.78 is 28.9. The van der Waals surface area contributed by atoms with Crippen molar-refractivity contribution in [2.75, 3.05) is 18.5 Å². The third-order valence-corrected chi connectivity index (χ3v) is 5.44. The van der Waals surface area contributed by atoms with Crippen molar-refractivity contribution in [3.8, 4) is 16.9 Å². The van der Waals surface area contributed by atoms with Crippen LogP contribution >= 0.6 is 11.8 Å². The maximum absolute atomic E-state index is 11.9. The first-order valence-electron chi connectivity index (χ1n) is 9.97. The largest absolute Gasteiger partial charge is 0.492 e. The van der Waals surface area contributed by atoms with Gasteiger partial charge in [0.2, 0.25) is 5.91 Å². The first-order valence-corrected chi connectivity index (χ1v) is 9.28. The lowest BCUT2D eigenvalue weighted by Crippen LogP contribution is -2.31. The molecular weight excluding hydrogens is 364 g/mol. The van der Waals surface area contributed by atoms with Gasteiger partial charge in [-0.3, -0.25) is 9.78 Å².